The Bertz CT molecular complexity index is 856. The third-order valence-electron chi connectivity index (χ3n) is 7.05. The van der Waals surface area contributed by atoms with Gasteiger partial charge in [-0.05, 0) is 92.8 Å². The number of carbonyl (C=O) groups is 1. The fourth-order valence-corrected chi connectivity index (χ4v) is 4.98. The molecule has 0 radical (unpaired) electrons. The average Bonchev–Trinajstić information content (AvgIpc) is 2.83. The molecule has 2 saturated heterocycles. The molecule has 0 aliphatic carbocycles. The molecule has 1 amide bonds. The van der Waals surface area contributed by atoms with Crippen LogP contribution in [0, 0.1) is 5.92 Å². The summed E-state index contributed by atoms with van der Waals surface area (Å²) in [7, 11) is 1.71. The molecular weight excluding hydrogens is 384 g/mol. The van der Waals surface area contributed by atoms with Crippen molar-refractivity contribution in [1.82, 2.24) is 4.90 Å². The van der Waals surface area contributed by atoms with Crippen molar-refractivity contribution in [3.8, 4) is 5.75 Å². The highest BCUT2D eigenvalue weighted by Gasteiger charge is 2.27. The molecule has 0 saturated carbocycles. The maximum atomic E-state index is 13.3. The molecular formula is C27H36N2O2. The highest BCUT2D eigenvalue weighted by molar-refractivity contribution is 5.94. The van der Waals surface area contributed by atoms with Crippen LogP contribution >= 0.6 is 0 Å². The summed E-state index contributed by atoms with van der Waals surface area (Å²) in [6, 6.07) is 16.9. The van der Waals surface area contributed by atoms with Crippen LogP contribution < -0.4 is 9.64 Å². The molecule has 2 heterocycles. The molecule has 166 valence electrons. The van der Waals surface area contributed by atoms with Crippen LogP contribution in [0.15, 0.2) is 48.5 Å². The molecule has 0 N–H and O–H groups in total. The molecule has 0 aromatic heterocycles. The van der Waals surface area contributed by atoms with E-state index in [4.69, 9.17) is 4.74 Å². The lowest BCUT2D eigenvalue weighted by atomic mass is 9.95. The quantitative estimate of drug-likeness (QED) is 0.613. The van der Waals surface area contributed by atoms with Gasteiger partial charge in [-0.2, -0.15) is 0 Å². The zero-order valence-electron chi connectivity index (χ0n) is 19.1. The van der Waals surface area contributed by atoms with Crippen LogP contribution in [0.2, 0.25) is 0 Å². The predicted octanol–water partition coefficient (Wildman–Crippen LogP) is 5.56. The summed E-state index contributed by atoms with van der Waals surface area (Å²) < 4.78 is 5.35. The van der Waals surface area contributed by atoms with Gasteiger partial charge in [-0.25, -0.2) is 0 Å². The zero-order valence-corrected chi connectivity index (χ0v) is 19.1. The molecule has 1 atom stereocenters. The van der Waals surface area contributed by atoms with Crippen molar-refractivity contribution in [3.63, 3.8) is 0 Å². The monoisotopic (exact) mass is 420 g/mol. The molecule has 2 aliphatic heterocycles. The first-order chi connectivity index (χ1) is 15.1. The summed E-state index contributed by atoms with van der Waals surface area (Å²) in [5.74, 6) is 1.91. The van der Waals surface area contributed by atoms with Crippen LogP contribution in [0.3, 0.4) is 0 Å². The van der Waals surface area contributed by atoms with Crippen LogP contribution in [0.25, 0.3) is 0 Å². The lowest BCUT2D eigenvalue weighted by Gasteiger charge is -2.36. The fraction of sp³-hybridized carbons (Fsp3) is 0.519. The van der Waals surface area contributed by atoms with Gasteiger partial charge in [0, 0.05) is 36.9 Å². The topological polar surface area (TPSA) is 32.8 Å². The number of hydrogen-bond donors (Lipinski definition) is 0. The minimum atomic E-state index is 0.189. The third kappa shape index (κ3) is 5.41. The number of ether oxygens (including phenoxy) is 1. The lowest BCUT2D eigenvalue weighted by Crippen LogP contribution is -2.44. The number of piperidine rings is 2. The van der Waals surface area contributed by atoms with Crippen molar-refractivity contribution in [2.75, 3.05) is 31.6 Å². The second-order valence-corrected chi connectivity index (χ2v) is 9.25. The molecule has 0 spiro atoms. The van der Waals surface area contributed by atoms with Gasteiger partial charge >= 0.3 is 0 Å². The molecule has 4 rings (SSSR count). The summed E-state index contributed by atoms with van der Waals surface area (Å²) in [6.07, 6.45) is 7.89. The van der Waals surface area contributed by atoms with Crippen LogP contribution in [0.5, 0.6) is 5.75 Å². The molecule has 2 fully saturated rings. The average molecular weight is 421 g/mol. The minimum Gasteiger partial charge on any atom is -0.497 e. The Labute approximate surface area is 187 Å². The van der Waals surface area contributed by atoms with Crippen LogP contribution in [-0.2, 0) is 6.42 Å². The number of amides is 1. The lowest BCUT2D eigenvalue weighted by molar-refractivity contribution is 0.0602. The third-order valence-corrected chi connectivity index (χ3v) is 7.05. The maximum absolute atomic E-state index is 13.3. The van der Waals surface area contributed by atoms with Crippen LogP contribution in [-0.4, -0.2) is 43.6 Å². The molecule has 31 heavy (non-hydrogen) atoms. The highest BCUT2D eigenvalue weighted by Crippen LogP contribution is 2.27. The molecule has 4 heteroatoms. The first-order valence-electron chi connectivity index (χ1n) is 11.9. The van der Waals surface area contributed by atoms with E-state index in [1.165, 1.54) is 30.5 Å². The number of rotatable bonds is 6. The van der Waals surface area contributed by atoms with Gasteiger partial charge in [-0.15, -0.1) is 0 Å². The molecule has 4 nitrogen and oxygen atoms in total. The summed E-state index contributed by atoms with van der Waals surface area (Å²) >= 11 is 0. The fourth-order valence-electron chi connectivity index (χ4n) is 4.98. The van der Waals surface area contributed by atoms with E-state index in [-0.39, 0.29) is 5.91 Å². The van der Waals surface area contributed by atoms with Crippen molar-refractivity contribution < 1.29 is 9.53 Å². The summed E-state index contributed by atoms with van der Waals surface area (Å²) in [5.41, 5.74) is 3.34. The van der Waals surface area contributed by atoms with Crippen LogP contribution in [0.1, 0.15) is 61.4 Å². The zero-order chi connectivity index (χ0) is 21.6. The minimum absolute atomic E-state index is 0.189. The molecule has 2 aliphatic rings. The molecule has 0 bridgehead atoms. The predicted molar refractivity (Wildman–Crippen MR) is 127 cm³/mol. The van der Waals surface area contributed by atoms with Gasteiger partial charge in [0.05, 0.1) is 7.11 Å². The Morgan fingerprint density at radius 2 is 1.77 bits per heavy atom. The number of aryl methyl sites for hydroxylation is 1. The number of carbonyl (C=O) groups excluding carboxylic acids is 1. The van der Waals surface area contributed by atoms with Crippen molar-refractivity contribution in [1.29, 1.82) is 0 Å². The first kappa shape index (κ1) is 21.7. The van der Waals surface area contributed by atoms with Gasteiger partial charge in [0.1, 0.15) is 5.75 Å². The van der Waals surface area contributed by atoms with Gasteiger partial charge in [0.2, 0.25) is 0 Å². The summed E-state index contributed by atoms with van der Waals surface area (Å²) in [6.45, 7) is 5.44. The van der Waals surface area contributed by atoms with Gasteiger partial charge < -0.3 is 14.5 Å². The summed E-state index contributed by atoms with van der Waals surface area (Å²) in [5, 5.41) is 0. The van der Waals surface area contributed by atoms with Gasteiger partial charge in [0.15, 0.2) is 0 Å². The van der Waals surface area contributed by atoms with Crippen molar-refractivity contribution in [2.24, 2.45) is 5.92 Å². The van der Waals surface area contributed by atoms with Crippen molar-refractivity contribution in [2.45, 2.75) is 57.9 Å². The Kier molecular flexibility index (Phi) is 7.16. The Balaban J connectivity index is 1.39. The van der Waals surface area contributed by atoms with E-state index in [0.29, 0.717) is 6.04 Å². The number of benzene rings is 2. The number of hydrogen-bond acceptors (Lipinski definition) is 3. The Morgan fingerprint density at radius 3 is 2.52 bits per heavy atom. The van der Waals surface area contributed by atoms with Crippen molar-refractivity contribution >= 4 is 11.6 Å². The first-order valence-corrected chi connectivity index (χ1v) is 11.9. The van der Waals surface area contributed by atoms with E-state index in [0.717, 1.165) is 62.5 Å². The number of anilines is 1. The standard InChI is InChI=1S/C27H36N2O2/c1-21-15-18-28(19-16-21)24-13-10-23(11-14-24)27(30)29-17-4-3-7-25(29)12-9-22-6-5-8-26(20-22)31-2/h5-6,8,10-11,13-14,20-21,25H,3-4,7,9,12,15-19H2,1-2H3. The van der Waals surface area contributed by atoms with E-state index >= 15 is 0 Å². The van der Waals surface area contributed by atoms with E-state index in [1.54, 1.807) is 7.11 Å². The van der Waals surface area contributed by atoms with E-state index in [2.05, 4.69) is 41.0 Å². The van der Waals surface area contributed by atoms with Gasteiger partial charge in [0.25, 0.3) is 5.91 Å². The number of nitrogens with zero attached hydrogens (tertiary/aromatic N) is 2. The van der Waals surface area contributed by atoms with E-state index in [1.807, 2.05) is 24.3 Å². The normalized spacial score (nSPS) is 20.0. The largest absolute Gasteiger partial charge is 0.497 e. The van der Waals surface area contributed by atoms with Crippen molar-refractivity contribution in [3.05, 3.63) is 59.7 Å². The smallest absolute Gasteiger partial charge is 0.254 e. The van der Waals surface area contributed by atoms with Crippen LogP contribution in [0.4, 0.5) is 5.69 Å². The van der Waals surface area contributed by atoms with Gasteiger partial charge in [-0.3, -0.25) is 4.79 Å². The van der Waals surface area contributed by atoms with E-state index in [9.17, 15) is 4.79 Å². The second kappa shape index (κ2) is 10.2. The molecule has 2 aromatic carbocycles. The maximum Gasteiger partial charge on any atom is 0.254 e. The molecule has 1 unspecified atom stereocenters. The SMILES string of the molecule is COc1cccc(CCC2CCCCN2C(=O)c2ccc(N3CCC(C)CC3)cc2)c1. The van der Waals surface area contributed by atoms with Gasteiger partial charge in [-0.1, -0.05) is 19.1 Å². The summed E-state index contributed by atoms with van der Waals surface area (Å²) in [4.78, 5) is 17.9. The highest BCUT2D eigenvalue weighted by atomic mass is 16.5. The number of methoxy groups -OCH3 is 1. The molecule has 2 aromatic rings. The second-order valence-electron chi connectivity index (χ2n) is 9.25. The number of likely N-dealkylation sites (tertiary alicyclic amines) is 1. The Morgan fingerprint density at radius 1 is 1.00 bits per heavy atom. The Hall–Kier alpha value is -2.49. The van der Waals surface area contributed by atoms with E-state index < -0.39 is 0 Å².